The molecule has 1 rings (SSSR count). The van der Waals surface area contributed by atoms with Gasteiger partial charge in [-0.2, -0.15) is 0 Å². The highest BCUT2D eigenvalue weighted by Gasteiger charge is 2.12. The molecule has 16 heavy (non-hydrogen) atoms. The maximum Gasteiger partial charge on any atom is 0.310 e. The largest absolute Gasteiger partial charge is 0.466 e. The van der Waals surface area contributed by atoms with Crippen LogP contribution in [0, 0.1) is 6.92 Å². The fourth-order valence-corrected chi connectivity index (χ4v) is 1.28. The van der Waals surface area contributed by atoms with Gasteiger partial charge in [-0.15, -0.1) is 0 Å². The zero-order valence-corrected chi connectivity index (χ0v) is 9.17. The van der Waals surface area contributed by atoms with Gasteiger partial charge in [-0.3, -0.25) is 9.78 Å². The number of ether oxygens (including phenoxy) is 1. The van der Waals surface area contributed by atoms with Gasteiger partial charge in [-0.1, -0.05) is 0 Å². The van der Waals surface area contributed by atoms with Crippen LogP contribution in [-0.2, 0) is 16.0 Å². The number of nitrogens with zero attached hydrogens (tertiary/aromatic N) is 1. The van der Waals surface area contributed by atoms with E-state index in [1.54, 1.807) is 13.8 Å². The summed E-state index contributed by atoms with van der Waals surface area (Å²) in [6, 6.07) is 1.29. The molecule has 88 valence electrons. The zero-order valence-electron chi connectivity index (χ0n) is 9.17. The number of aromatic nitrogens is 1. The molecule has 3 nitrogen and oxygen atoms in total. The molecule has 0 saturated carbocycles. The minimum Gasteiger partial charge on any atom is -0.466 e. The molecule has 0 fully saturated rings. The summed E-state index contributed by atoms with van der Waals surface area (Å²) in [6.45, 7) is 3.69. The molecule has 0 aliphatic rings. The Kier molecular flexibility index (Phi) is 4.34. The van der Waals surface area contributed by atoms with Gasteiger partial charge in [-0.05, 0) is 31.0 Å². The Morgan fingerprint density at radius 2 is 2.25 bits per heavy atom. The molecule has 0 aliphatic carbocycles. The van der Waals surface area contributed by atoms with E-state index in [9.17, 15) is 13.6 Å². The van der Waals surface area contributed by atoms with Crippen LogP contribution in [0.3, 0.4) is 0 Å². The van der Waals surface area contributed by atoms with Crippen molar-refractivity contribution in [3.63, 3.8) is 0 Å². The minimum atomic E-state index is -2.59. The highest BCUT2D eigenvalue weighted by atomic mass is 19.3. The molecule has 0 aliphatic heterocycles. The first-order valence-electron chi connectivity index (χ1n) is 4.93. The van der Waals surface area contributed by atoms with E-state index in [1.165, 1.54) is 12.3 Å². The molecule has 1 aromatic rings. The van der Waals surface area contributed by atoms with Gasteiger partial charge in [0.15, 0.2) is 0 Å². The maximum absolute atomic E-state index is 12.3. The molecule has 0 bridgehead atoms. The maximum atomic E-state index is 12.3. The van der Waals surface area contributed by atoms with Crippen LogP contribution < -0.4 is 0 Å². The van der Waals surface area contributed by atoms with E-state index in [0.29, 0.717) is 17.7 Å². The van der Waals surface area contributed by atoms with E-state index in [0.717, 1.165) is 0 Å². The summed E-state index contributed by atoms with van der Waals surface area (Å²) in [5, 5.41) is 0. The number of hydrogen-bond donors (Lipinski definition) is 0. The third-order valence-corrected chi connectivity index (χ3v) is 2.10. The predicted octanol–water partition coefficient (Wildman–Crippen LogP) is 2.43. The van der Waals surface area contributed by atoms with Crippen LogP contribution in [-0.4, -0.2) is 17.6 Å². The molecule has 0 saturated heterocycles. The molecule has 0 spiro atoms. The summed E-state index contributed by atoms with van der Waals surface area (Å²) in [5.41, 5.74) is 0.964. The van der Waals surface area contributed by atoms with Crippen LogP contribution in [0.2, 0.25) is 0 Å². The lowest BCUT2D eigenvalue weighted by molar-refractivity contribution is -0.142. The second kappa shape index (κ2) is 5.53. The Hall–Kier alpha value is -1.52. The average molecular weight is 229 g/mol. The molecule has 5 heteroatoms. The van der Waals surface area contributed by atoms with Crippen molar-refractivity contribution in [1.29, 1.82) is 0 Å². The Labute approximate surface area is 92.4 Å². The molecule has 0 unspecified atom stereocenters. The van der Waals surface area contributed by atoms with E-state index in [1.807, 2.05) is 0 Å². The highest BCUT2D eigenvalue weighted by molar-refractivity contribution is 5.72. The molecular weight excluding hydrogens is 216 g/mol. The van der Waals surface area contributed by atoms with Crippen LogP contribution in [0.25, 0.3) is 0 Å². The van der Waals surface area contributed by atoms with Gasteiger partial charge < -0.3 is 4.74 Å². The first-order chi connectivity index (χ1) is 7.54. The third-order valence-electron chi connectivity index (χ3n) is 2.10. The minimum absolute atomic E-state index is 0.0657. The third kappa shape index (κ3) is 3.25. The highest BCUT2D eigenvalue weighted by Crippen LogP contribution is 2.19. The van der Waals surface area contributed by atoms with Crippen LogP contribution in [0.4, 0.5) is 8.78 Å². The molecule has 0 N–H and O–H groups in total. The normalized spacial score (nSPS) is 10.6. The number of esters is 1. The SMILES string of the molecule is CCOC(=O)Cc1cnc(C(F)F)cc1C. The summed E-state index contributed by atoms with van der Waals surface area (Å²) in [7, 11) is 0. The summed E-state index contributed by atoms with van der Waals surface area (Å²) < 4.78 is 29.4. The predicted molar refractivity (Wildman–Crippen MR) is 54.3 cm³/mol. The number of carbonyl (C=O) groups excluding carboxylic acids is 1. The fraction of sp³-hybridized carbons (Fsp3) is 0.455. The van der Waals surface area contributed by atoms with E-state index in [2.05, 4.69) is 4.98 Å². The quantitative estimate of drug-likeness (QED) is 0.744. The van der Waals surface area contributed by atoms with Gasteiger partial charge in [0, 0.05) is 6.20 Å². The lowest BCUT2D eigenvalue weighted by Crippen LogP contribution is -2.09. The van der Waals surface area contributed by atoms with Gasteiger partial charge in [-0.25, -0.2) is 8.78 Å². The first kappa shape index (κ1) is 12.5. The molecule has 0 atom stereocenters. The number of hydrogen-bond acceptors (Lipinski definition) is 3. The summed E-state index contributed by atoms with van der Waals surface area (Å²) in [4.78, 5) is 14.8. The Bertz CT molecular complexity index is 380. The van der Waals surface area contributed by atoms with Gasteiger partial charge in [0.25, 0.3) is 6.43 Å². The second-order valence-electron chi connectivity index (χ2n) is 3.32. The standard InChI is InChI=1S/C11H13F2NO2/c1-3-16-10(15)5-8-6-14-9(11(12)13)4-7(8)2/h4,6,11H,3,5H2,1-2H3. The Morgan fingerprint density at radius 3 is 2.75 bits per heavy atom. The van der Waals surface area contributed by atoms with Crippen molar-refractivity contribution in [2.45, 2.75) is 26.7 Å². The van der Waals surface area contributed by atoms with E-state index in [-0.39, 0.29) is 18.1 Å². The number of pyridine rings is 1. The van der Waals surface area contributed by atoms with Crippen molar-refractivity contribution in [1.82, 2.24) is 4.98 Å². The summed E-state index contributed by atoms with van der Waals surface area (Å²) >= 11 is 0. The van der Waals surface area contributed by atoms with Crippen molar-refractivity contribution in [2.24, 2.45) is 0 Å². The van der Waals surface area contributed by atoms with Crippen LogP contribution >= 0.6 is 0 Å². The number of halogens is 2. The number of rotatable bonds is 4. The van der Waals surface area contributed by atoms with E-state index < -0.39 is 6.43 Å². The number of alkyl halides is 2. The molecule has 0 amide bonds. The molecule has 0 radical (unpaired) electrons. The van der Waals surface area contributed by atoms with Crippen molar-refractivity contribution >= 4 is 5.97 Å². The van der Waals surface area contributed by atoms with Crippen LogP contribution in [0.15, 0.2) is 12.3 Å². The van der Waals surface area contributed by atoms with Gasteiger partial charge >= 0.3 is 5.97 Å². The molecular formula is C11H13F2NO2. The van der Waals surface area contributed by atoms with Crippen LogP contribution in [0.5, 0.6) is 0 Å². The van der Waals surface area contributed by atoms with Gasteiger partial charge in [0.1, 0.15) is 5.69 Å². The zero-order chi connectivity index (χ0) is 12.1. The Morgan fingerprint density at radius 1 is 1.56 bits per heavy atom. The molecule has 1 aromatic heterocycles. The number of carbonyl (C=O) groups is 1. The van der Waals surface area contributed by atoms with Crippen molar-refractivity contribution in [3.8, 4) is 0 Å². The van der Waals surface area contributed by atoms with Crippen LogP contribution in [0.1, 0.15) is 30.2 Å². The lowest BCUT2D eigenvalue weighted by Gasteiger charge is -2.07. The van der Waals surface area contributed by atoms with E-state index >= 15 is 0 Å². The smallest absolute Gasteiger partial charge is 0.310 e. The number of aryl methyl sites for hydroxylation is 1. The van der Waals surface area contributed by atoms with E-state index in [4.69, 9.17) is 4.74 Å². The second-order valence-corrected chi connectivity index (χ2v) is 3.32. The van der Waals surface area contributed by atoms with Gasteiger partial charge in [0.2, 0.25) is 0 Å². The Balaban J connectivity index is 2.79. The van der Waals surface area contributed by atoms with Gasteiger partial charge in [0.05, 0.1) is 13.0 Å². The first-order valence-corrected chi connectivity index (χ1v) is 4.93. The molecule has 0 aromatic carbocycles. The topological polar surface area (TPSA) is 39.2 Å². The summed E-state index contributed by atoms with van der Waals surface area (Å²) in [5.74, 6) is -0.378. The molecule has 1 heterocycles. The van der Waals surface area contributed by atoms with Crippen molar-refractivity contribution in [2.75, 3.05) is 6.61 Å². The van der Waals surface area contributed by atoms with Crippen molar-refractivity contribution < 1.29 is 18.3 Å². The lowest BCUT2D eigenvalue weighted by atomic mass is 10.1. The average Bonchev–Trinajstić information content (AvgIpc) is 2.21. The summed E-state index contributed by atoms with van der Waals surface area (Å²) in [6.07, 6.45) is -1.22. The van der Waals surface area contributed by atoms with Crippen molar-refractivity contribution in [3.05, 3.63) is 29.1 Å². The monoisotopic (exact) mass is 229 g/mol. The fourth-order valence-electron chi connectivity index (χ4n) is 1.28.